The van der Waals surface area contributed by atoms with Gasteiger partial charge < -0.3 is 0 Å². The second-order valence-corrected chi connectivity index (χ2v) is 6.98. The Kier molecular flexibility index (Phi) is 4.27. The van der Waals surface area contributed by atoms with Gasteiger partial charge in [-0.3, -0.25) is 4.72 Å². The molecular formula is C14H14BrNO2S. The van der Waals surface area contributed by atoms with Crippen LogP contribution in [0.1, 0.15) is 6.92 Å². The fourth-order valence-corrected chi connectivity index (χ4v) is 2.61. The maximum absolute atomic E-state index is 11.7. The van der Waals surface area contributed by atoms with Gasteiger partial charge in [-0.05, 0) is 30.7 Å². The Bertz CT molecular complexity index is 666. The molecule has 2 aromatic carbocycles. The van der Waals surface area contributed by atoms with E-state index in [9.17, 15) is 8.42 Å². The van der Waals surface area contributed by atoms with Gasteiger partial charge in [-0.15, -0.1) is 0 Å². The van der Waals surface area contributed by atoms with Gasteiger partial charge in [-0.1, -0.05) is 46.3 Å². The lowest BCUT2D eigenvalue weighted by molar-refractivity contribution is 0.602. The van der Waals surface area contributed by atoms with Gasteiger partial charge in [-0.25, -0.2) is 8.42 Å². The highest BCUT2D eigenvalue weighted by molar-refractivity contribution is 9.10. The minimum absolute atomic E-state index is 0.0572. The van der Waals surface area contributed by atoms with Gasteiger partial charge in [0, 0.05) is 10.0 Å². The van der Waals surface area contributed by atoms with Gasteiger partial charge in [0.15, 0.2) is 0 Å². The Hall–Kier alpha value is -1.33. The molecule has 0 radical (unpaired) electrons. The van der Waals surface area contributed by atoms with E-state index in [2.05, 4.69) is 20.7 Å². The van der Waals surface area contributed by atoms with Crippen LogP contribution in [0.2, 0.25) is 0 Å². The summed E-state index contributed by atoms with van der Waals surface area (Å²) in [5, 5.41) is 0. The quantitative estimate of drug-likeness (QED) is 0.918. The van der Waals surface area contributed by atoms with Crippen molar-refractivity contribution in [1.82, 2.24) is 0 Å². The summed E-state index contributed by atoms with van der Waals surface area (Å²) in [7, 11) is -3.27. The molecule has 0 spiro atoms. The van der Waals surface area contributed by atoms with Crippen LogP contribution in [0.15, 0.2) is 53.0 Å². The molecule has 0 aliphatic carbocycles. The molecule has 100 valence electrons. The van der Waals surface area contributed by atoms with Crippen LogP contribution in [-0.2, 0) is 10.0 Å². The SMILES string of the molecule is CCS(=O)(=O)Nc1ccccc1-c1ccc(Br)cc1. The molecule has 0 unspecified atom stereocenters. The number of nitrogens with one attached hydrogen (secondary N) is 1. The lowest BCUT2D eigenvalue weighted by atomic mass is 10.0. The average Bonchev–Trinajstić information content (AvgIpc) is 2.40. The lowest BCUT2D eigenvalue weighted by Gasteiger charge is -2.11. The fourth-order valence-electron chi connectivity index (χ4n) is 1.69. The number of hydrogen-bond donors (Lipinski definition) is 1. The highest BCUT2D eigenvalue weighted by atomic mass is 79.9. The van der Waals surface area contributed by atoms with Crippen LogP contribution in [0.5, 0.6) is 0 Å². The van der Waals surface area contributed by atoms with Crippen molar-refractivity contribution in [1.29, 1.82) is 0 Å². The van der Waals surface area contributed by atoms with Crippen molar-refractivity contribution in [3.63, 3.8) is 0 Å². The molecule has 3 nitrogen and oxygen atoms in total. The van der Waals surface area contributed by atoms with Crippen molar-refractivity contribution in [3.8, 4) is 11.1 Å². The molecule has 0 saturated heterocycles. The predicted octanol–water partition coefficient (Wildman–Crippen LogP) is 3.88. The molecule has 5 heteroatoms. The summed E-state index contributed by atoms with van der Waals surface area (Å²) in [6.45, 7) is 1.62. The van der Waals surface area contributed by atoms with Gasteiger partial charge in [0.2, 0.25) is 10.0 Å². The molecule has 0 heterocycles. The molecule has 0 aromatic heterocycles. The van der Waals surface area contributed by atoms with Crippen molar-refractivity contribution in [2.24, 2.45) is 0 Å². The molecular weight excluding hydrogens is 326 g/mol. The minimum Gasteiger partial charge on any atom is -0.283 e. The summed E-state index contributed by atoms with van der Waals surface area (Å²) in [6.07, 6.45) is 0. The molecule has 0 fully saturated rings. The largest absolute Gasteiger partial charge is 0.283 e. The summed E-state index contributed by atoms with van der Waals surface area (Å²) in [4.78, 5) is 0. The zero-order valence-corrected chi connectivity index (χ0v) is 12.8. The molecule has 2 aromatic rings. The number of sulfonamides is 1. The molecule has 0 amide bonds. The van der Waals surface area contributed by atoms with Crippen LogP contribution >= 0.6 is 15.9 Å². The van der Waals surface area contributed by atoms with E-state index in [1.165, 1.54) is 0 Å². The third-order valence-corrected chi connectivity index (χ3v) is 4.55. The fraction of sp³-hybridized carbons (Fsp3) is 0.143. The molecule has 2 rings (SSSR count). The molecule has 0 bridgehead atoms. The third kappa shape index (κ3) is 3.58. The topological polar surface area (TPSA) is 46.2 Å². The summed E-state index contributed by atoms with van der Waals surface area (Å²) < 4.78 is 27.0. The third-order valence-electron chi connectivity index (χ3n) is 2.73. The van der Waals surface area contributed by atoms with E-state index in [0.717, 1.165) is 15.6 Å². The van der Waals surface area contributed by atoms with Crippen LogP contribution in [0, 0.1) is 0 Å². The van der Waals surface area contributed by atoms with E-state index in [-0.39, 0.29) is 5.75 Å². The van der Waals surface area contributed by atoms with E-state index < -0.39 is 10.0 Å². The van der Waals surface area contributed by atoms with E-state index in [4.69, 9.17) is 0 Å². The van der Waals surface area contributed by atoms with Crippen molar-refractivity contribution in [2.75, 3.05) is 10.5 Å². The van der Waals surface area contributed by atoms with Crippen LogP contribution < -0.4 is 4.72 Å². The van der Waals surface area contributed by atoms with Gasteiger partial charge in [0.1, 0.15) is 0 Å². The second-order valence-electron chi connectivity index (χ2n) is 4.06. The van der Waals surface area contributed by atoms with Gasteiger partial charge >= 0.3 is 0 Å². The number of anilines is 1. The Morgan fingerprint density at radius 2 is 1.68 bits per heavy atom. The van der Waals surface area contributed by atoms with Crippen LogP contribution in [0.3, 0.4) is 0 Å². The zero-order valence-electron chi connectivity index (χ0n) is 10.4. The standard InChI is InChI=1S/C14H14BrNO2S/c1-2-19(17,18)16-14-6-4-3-5-13(14)11-7-9-12(15)10-8-11/h3-10,16H,2H2,1H3. The van der Waals surface area contributed by atoms with Gasteiger partial charge in [0.25, 0.3) is 0 Å². The van der Waals surface area contributed by atoms with Crippen LogP contribution in [0.4, 0.5) is 5.69 Å². The van der Waals surface area contributed by atoms with Gasteiger partial charge in [0.05, 0.1) is 11.4 Å². The highest BCUT2D eigenvalue weighted by Crippen LogP contribution is 2.29. The normalized spacial score (nSPS) is 11.3. The van der Waals surface area contributed by atoms with Crippen molar-refractivity contribution < 1.29 is 8.42 Å². The first-order chi connectivity index (χ1) is 9.02. The first-order valence-corrected chi connectivity index (χ1v) is 8.32. The number of rotatable bonds is 4. The van der Waals surface area contributed by atoms with E-state index in [1.54, 1.807) is 13.0 Å². The monoisotopic (exact) mass is 339 g/mol. The molecule has 1 N–H and O–H groups in total. The molecule has 0 aliphatic rings. The number of benzene rings is 2. The highest BCUT2D eigenvalue weighted by Gasteiger charge is 2.11. The first-order valence-electron chi connectivity index (χ1n) is 5.87. The summed E-state index contributed by atoms with van der Waals surface area (Å²) in [5.41, 5.74) is 2.44. The average molecular weight is 340 g/mol. The van der Waals surface area contributed by atoms with Gasteiger partial charge in [-0.2, -0.15) is 0 Å². The van der Waals surface area contributed by atoms with Crippen LogP contribution in [-0.4, -0.2) is 14.2 Å². The maximum Gasteiger partial charge on any atom is 0.232 e. The number of hydrogen-bond acceptors (Lipinski definition) is 2. The lowest BCUT2D eigenvalue weighted by Crippen LogP contribution is -2.15. The summed E-state index contributed by atoms with van der Waals surface area (Å²) in [5.74, 6) is 0.0572. The maximum atomic E-state index is 11.7. The minimum atomic E-state index is -3.27. The number of para-hydroxylation sites is 1. The smallest absolute Gasteiger partial charge is 0.232 e. The van der Waals surface area contributed by atoms with Crippen LogP contribution in [0.25, 0.3) is 11.1 Å². The van der Waals surface area contributed by atoms with Crippen molar-refractivity contribution >= 4 is 31.6 Å². The summed E-state index contributed by atoms with van der Waals surface area (Å²) in [6, 6.07) is 15.1. The van der Waals surface area contributed by atoms with E-state index >= 15 is 0 Å². The van der Waals surface area contributed by atoms with Crippen molar-refractivity contribution in [3.05, 3.63) is 53.0 Å². The Morgan fingerprint density at radius 3 is 2.32 bits per heavy atom. The van der Waals surface area contributed by atoms with Crippen molar-refractivity contribution in [2.45, 2.75) is 6.92 Å². The Balaban J connectivity index is 2.44. The first kappa shape index (κ1) is 14.1. The molecule has 19 heavy (non-hydrogen) atoms. The molecule has 0 saturated carbocycles. The molecule has 0 aliphatic heterocycles. The second kappa shape index (κ2) is 5.75. The Labute approximate surface area is 121 Å². The summed E-state index contributed by atoms with van der Waals surface area (Å²) >= 11 is 3.39. The zero-order chi connectivity index (χ0) is 13.9. The van der Waals surface area contributed by atoms with E-state index in [1.807, 2.05) is 42.5 Å². The number of halogens is 1. The molecule has 0 atom stereocenters. The van der Waals surface area contributed by atoms with E-state index in [0.29, 0.717) is 5.69 Å². The Morgan fingerprint density at radius 1 is 1.05 bits per heavy atom. The predicted molar refractivity (Wildman–Crippen MR) is 82.7 cm³/mol.